The van der Waals surface area contributed by atoms with Crippen LogP contribution >= 0.6 is 0 Å². The summed E-state index contributed by atoms with van der Waals surface area (Å²) in [5.74, 6) is 1.90. The summed E-state index contributed by atoms with van der Waals surface area (Å²) in [6, 6.07) is 68.5. The van der Waals surface area contributed by atoms with Crippen LogP contribution in [0, 0.1) is 0 Å². The molecule has 4 heteroatoms. The predicted molar refractivity (Wildman–Crippen MR) is 243 cm³/mol. The van der Waals surface area contributed by atoms with Crippen molar-refractivity contribution in [3.05, 3.63) is 205 Å². The molecule has 2 heterocycles. The Morgan fingerprint density at radius 3 is 1.51 bits per heavy atom. The van der Waals surface area contributed by atoms with Gasteiger partial charge >= 0.3 is 0 Å². The Bertz CT molecular complexity index is 3170. The Kier molecular flexibility index (Phi) is 8.12. The lowest BCUT2D eigenvalue weighted by atomic mass is 9.82. The van der Waals surface area contributed by atoms with Crippen molar-refractivity contribution in [2.75, 3.05) is 0 Å². The molecule has 0 unspecified atom stereocenters. The van der Waals surface area contributed by atoms with Gasteiger partial charge in [-0.2, -0.15) is 0 Å². The topological polar surface area (TPSA) is 51.6 Å². The fourth-order valence-corrected chi connectivity index (χ4v) is 8.95. The van der Waals surface area contributed by atoms with Gasteiger partial charge in [0.05, 0.1) is 11.2 Å². The Hall–Kier alpha value is -7.56. The summed E-state index contributed by atoms with van der Waals surface area (Å²) in [7, 11) is 0. The van der Waals surface area contributed by atoms with E-state index in [1.807, 2.05) is 60.7 Å². The average Bonchev–Trinajstić information content (AvgIpc) is 3.53. The zero-order chi connectivity index (χ0) is 39.5. The van der Waals surface area contributed by atoms with Gasteiger partial charge in [0.1, 0.15) is 0 Å². The van der Waals surface area contributed by atoms with Crippen molar-refractivity contribution in [1.82, 2.24) is 19.9 Å². The van der Waals surface area contributed by atoms with Gasteiger partial charge in [0.15, 0.2) is 17.5 Å². The molecule has 11 rings (SSSR count). The molecule has 0 saturated carbocycles. The molecule has 0 saturated heterocycles. The zero-order valence-electron chi connectivity index (χ0n) is 32.8. The maximum Gasteiger partial charge on any atom is 0.164 e. The molecular formula is C55H38N4. The molecule has 59 heavy (non-hydrogen) atoms. The predicted octanol–water partition coefficient (Wildman–Crippen LogP) is 13.9. The number of benzene rings is 8. The molecule has 278 valence electrons. The molecule has 0 radical (unpaired) electrons. The van der Waals surface area contributed by atoms with Gasteiger partial charge in [-0.25, -0.2) is 19.9 Å². The van der Waals surface area contributed by atoms with Crippen LogP contribution in [0.5, 0.6) is 0 Å². The van der Waals surface area contributed by atoms with Crippen LogP contribution in [0.2, 0.25) is 0 Å². The highest BCUT2D eigenvalue weighted by Crippen LogP contribution is 2.51. The monoisotopic (exact) mass is 754 g/mol. The van der Waals surface area contributed by atoms with Gasteiger partial charge in [0.2, 0.25) is 0 Å². The number of fused-ring (bicyclic) bond motifs is 5. The number of rotatable bonds is 6. The fourth-order valence-electron chi connectivity index (χ4n) is 8.95. The molecule has 0 spiro atoms. The smallest absolute Gasteiger partial charge is 0.164 e. The summed E-state index contributed by atoms with van der Waals surface area (Å²) in [5.41, 5.74) is 15.4. The molecule has 0 fully saturated rings. The summed E-state index contributed by atoms with van der Waals surface area (Å²) >= 11 is 0. The van der Waals surface area contributed by atoms with Crippen molar-refractivity contribution in [3.8, 4) is 78.8 Å². The van der Waals surface area contributed by atoms with E-state index in [-0.39, 0.29) is 5.41 Å². The lowest BCUT2D eigenvalue weighted by Crippen LogP contribution is -2.14. The van der Waals surface area contributed by atoms with Crippen molar-refractivity contribution in [2.24, 2.45) is 0 Å². The van der Waals surface area contributed by atoms with E-state index in [2.05, 4.69) is 147 Å². The summed E-state index contributed by atoms with van der Waals surface area (Å²) in [5, 5.41) is 3.47. The molecule has 10 aromatic rings. The van der Waals surface area contributed by atoms with E-state index >= 15 is 0 Å². The second kappa shape index (κ2) is 13.8. The van der Waals surface area contributed by atoms with Gasteiger partial charge in [0.25, 0.3) is 0 Å². The van der Waals surface area contributed by atoms with Gasteiger partial charge in [-0.15, -0.1) is 0 Å². The third-order valence-electron chi connectivity index (χ3n) is 11.9. The maximum absolute atomic E-state index is 5.53. The molecule has 1 aliphatic carbocycles. The normalized spacial score (nSPS) is 12.7. The highest BCUT2D eigenvalue weighted by molar-refractivity contribution is 6.07. The quantitative estimate of drug-likeness (QED) is 0.170. The van der Waals surface area contributed by atoms with E-state index in [9.17, 15) is 0 Å². The minimum absolute atomic E-state index is 0.159. The van der Waals surface area contributed by atoms with Gasteiger partial charge in [-0.1, -0.05) is 184 Å². The molecule has 0 amide bonds. The molecule has 0 bridgehead atoms. The van der Waals surface area contributed by atoms with Crippen LogP contribution in [0.1, 0.15) is 25.0 Å². The van der Waals surface area contributed by atoms with E-state index in [1.165, 1.54) is 44.2 Å². The van der Waals surface area contributed by atoms with Gasteiger partial charge in [-0.3, -0.25) is 0 Å². The Balaban J connectivity index is 1.14. The van der Waals surface area contributed by atoms with Crippen molar-refractivity contribution in [3.63, 3.8) is 0 Å². The van der Waals surface area contributed by atoms with E-state index in [4.69, 9.17) is 19.9 Å². The van der Waals surface area contributed by atoms with Crippen LogP contribution < -0.4 is 0 Å². The minimum atomic E-state index is -0.159. The molecular weight excluding hydrogens is 717 g/mol. The highest BCUT2D eigenvalue weighted by atomic mass is 15.0. The largest absolute Gasteiger partial charge is 0.248 e. The summed E-state index contributed by atoms with van der Waals surface area (Å²) in [6.45, 7) is 4.66. The molecule has 4 nitrogen and oxygen atoms in total. The first-order valence-electron chi connectivity index (χ1n) is 20.1. The lowest BCUT2D eigenvalue weighted by Gasteiger charge is -2.22. The first kappa shape index (κ1) is 34.7. The third kappa shape index (κ3) is 5.92. The number of hydrogen-bond acceptors (Lipinski definition) is 4. The van der Waals surface area contributed by atoms with Crippen LogP contribution in [0.15, 0.2) is 194 Å². The van der Waals surface area contributed by atoms with Gasteiger partial charge in [-0.05, 0) is 79.5 Å². The number of hydrogen-bond donors (Lipinski definition) is 0. The van der Waals surface area contributed by atoms with E-state index in [0.717, 1.165) is 50.0 Å². The third-order valence-corrected chi connectivity index (χ3v) is 11.9. The van der Waals surface area contributed by atoms with Crippen LogP contribution in [-0.4, -0.2) is 19.9 Å². The first-order valence-corrected chi connectivity index (χ1v) is 20.1. The van der Waals surface area contributed by atoms with Gasteiger partial charge in [0, 0.05) is 33.1 Å². The lowest BCUT2D eigenvalue weighted by molar-refractivity contribution is 0.661. The van der Waals surface area contributed by atoms with Crippen molar-refractivity contribution < 1.29 is 0 Å². The van der Waals surface area contributed by atoms with Crippen molar-refractivity contribution >= 4 is 21.7 Å². The first-order chi connectivity index (χ1) is 29.0. The van der Waals surface area contributed by atoms with E-state index in [0.29, 0.717) is 17.5 Å². The molecule has 0 aliphatic heterocycles. The molecule has 0 N–H and O–H groups in total. The summed E-state index contributed by atoms with van der Waals surface area (Å²) < 4.78 is 0. The minimum Gasteiger partial charge on any atom is -0.248 e. The molecule has 2 aromatic heterocycles. The molecule has 0 atom stereocenters. The second-order valence-electron chi connectivity index (χ2n) is 15.8. The average molecular weight is 755 g/mol. The van der Waals surface area contributed by atoms with Crippen molar-refractivity contribution in [1.29, 1.82) is 0 Å². The zero-order valence-corrected chi connectivity index (χ0v) is 32.8. The summed E-state index contributed by atoms with van der Waals surface area (Å²) in [4.78, 5) is 20.6. The maximum atomic E-state index is 5.53. The van der Waals surface area contributed by atoms with Gasteiger partial charge < -0.3 is 0 Å². The molecule has 1 aliphatic rings. The molecule has 8 aromatic carbocycles. The van der Waals surface area contributed by atoms with Crippen LogP contribution in [-0.2, 0) is 5.41 Å². The highest BCUT2D eigenvalue weighted by Gasteiger charge is 2.36. The standard InChI is InChI=1S/C55H38N4/c1-55(2)48-28-15-14-27-43(48)46-32-47-45(33-50(56-51(47)34-49(46)55)44-30-29-40(35-17-6-3-7-18-35)41-25-12-13-26-42(41)44)38-23-16-24-39(31-38)54-58-52(36-19-8-4-9-20-36)57-53(59-54)37-21-10-5-11-22-37/h3-34H,1-2H3. The van der Waals surface area contributed by atoms with E-state index < -0.39 is 0 Å². The Morgan fingerprint density at radius 1 is 0.305 bits per heavy atom. The van der Waals surface area contributed by atoms with E-state index in [1.54, 1.807) is 0 Å². The van der Waals surface area contributed by atoms with Crippen LogP contribution in [0.3, 0.4) is 0 Å². The SMILES string of the molecule is CC1(C)c2ccccc2-c2cc3c(-c4cccc(-c5nc(-c6ccccc6)nc(-c6ccccc6)n5)c4)cc(-c4ccc(-c5ccccc5)c5ccccc45)nc3cc21. The Labute approximate surface area is 343 Å². The van der Waals surface area contributed by atoms with Crippen LogP contribution in [0.4, 0.5) is 0 Å². The van der Waals surface area contributed by atoms with Crippen LogP contribution in [0.25, 0.3) is 100 Å². The van der Waals surface area contributed by atoms with Crippen molar-refractivity contribution in [2.45, 2.75) is 19.3 Å². The number of aromatic nitrogens is 4. The second-order valence-corrected chi connectivity index (χ2v) is 15.8. The number of pyridine rings is 1. The number of nitrogens with zero attached hydrogens (tertiary/aromatic N) is 4. The Morgan fingerprint density at radius 2 is 0.831 bits per heavy atom. The summed E-state index contributed by atoms with van der Waals surface area (Å²) in [6.07, 6.45) is 0. The fraction of sp³-hybridized carbons (Fsp3) is 0.0545.